The molecule has 16 heavy (non-hydrogen) atoms. The predicted octanol–water partition coefficient (Wildman–Crippen LogP) is 0.485. The summed E-state index contributed by atoms with van der Waals surface area (Å²) < 4.78 is 0. The molecule has 0 saturated heterocycles. The fourth-order valence-corrected chi connectivity index (χ4v) is 2.33. The van der Waals surface area contributed by atoms with E-state index in [9.17, 15) is 9.59 Å². The van der Waals surface area contributed by atoms with E-state index < -0.39 is 5.97 Å². The SMILES string of the molecule is NCC(=O)N[C@H](CC(=O)O)C1CCCCC1. The Morgan fingerprint density at radius 3 is 2.44 bits per heavy atom. The Balaban J connectivity index is 2.53. The van der Waals surface area contributed by atoms with Crippen molar-refractivity contribution in [2.45, 2.75) is 44.6 Å². The first-order valence-corrected chi connectivity index (χ1v) is 5.84. The van der Waals surface area contributed by atoms with Gasteiger partial charge in [0.15, 0.2) is 0 Å². The molecule has 4 N–H and O–H groups in total. The third-order valence-electron chi connectivity index (χ3n) is 3.15. The van der Waals surface area contributed by atoms with Crippen molar-refractivity contribution in [3.05, 3.63) is 0 Å². The largest absolute Gasteiger partial charge is 0.481 e. The molecular weight excluding hydrogens is 208 g/mol. The minimum atomic E-state index is -0.868. The molecule has 5 nitrogen and oxygen atoms in total. The van der Waals surface area contributed by atoms with Crippen LogP contribution in [0.5, 0.6) is 0 Å². The van der Waals surface area contributed by atoms with Crippen LogP contribution in [0.4, 0.5) is 0 Å². The van der Waals surface area contributed by atoms with E-state index in [1.807, 2.05) is 0 Å². The van der Waals surface area contributed by atoms with Gasteiger partial charge >= 0.3 is 5.97 Å². The van der Waals surface area contributed by atoms with Gasteiger partial charge in [0, 0.05) is 6.04 Å². The van der Waals surface area contributed by atoms with E-state index in [1.165, 1.54) is 6.42 Å². The number of carbonyl (C=O) groups is 2. The molecule has 1 atom stereocenters. The quantitative estimate of drug-likeness (QED) is 0.638. The average molecular weight is 228 g/mol. The Kier molecular flexibility index (Phi) is 5.25. The second-order valence-electron chi connectivity index (χ2n) is 4.37. The van der Waals surface area contributed by atoms with Crippen LogP contribution in [0.2, 0.25) is 0 Å². The zero-order valence-electron chi connectivity index (χ0n) is 9.45. The number of carbonyl (C=O) groups excluding carboxylic acids is 1. The summed E-state index contributed by atoms with van der Waals surface area (Å²) in [5.74, 6) is -0.843. The van der Waals surface area contributed by atoms with Gasteiger partial charge in [0.05, 0.1) is 13.0 Å². The molecule has 0 radical (unpaired) electrons. The topological polar surface area (TPSA) is 92.4 Å². The first kappa shape index (κ1) is 13.0. The van der Waals surface area contributed by atoms with Crippen LogP contribution >= 0.6 is 0 Å². The van der Waals surface area contributed by atoms with Crippen LogP contribution in [0.1, 0.15) is 38.5 Å². The number of aliphatic carboxylic acids is 1. The summed E-state index contributed by atoms with van der Waals surface area (Å²) in [6, 6.07) is -0.256. The standard InChI is InChI=1S/C11H20N2O3/c12-7-10(14)13-9(6-11(15)16)8-4-2-1-3-5-8/h8-9H,1-7,12H2,(H,13,14)(H,15,16)/t9-/m1/s1. The molecule has 0 spiro atoms. The second kappa shape index (κ2) is 6.48. The van der Waals surface area contributed by atoms with Gasteiger partial charge in [0.25, 0.3) is 0 Å². The number of carboxylic acids is 1. The van der Waals surface area contributed by atoms with Crippen molar-refractivity contribution >= 4 is 11.9 Å². The lowest BCUT2D eigenvalue weighted by atomic mass is 9.82. The number of rotatable bonds is 5. The molecule has 5 heteroatoms. The normalized spacial score (nSPS) is 19.1. The van der Waals surface area contributed by atoms with E-state index in [2.05, 4.69) is 5.32 Å². The minimum absolute atomic E-state index is 0.00356. The van der Waals surface area contributed by atoms with Crippen LogP contribution in [-0.4, -0.2) is 29.6 Å². The third kappa shape index (κ3) is 4.18. The maximum atomic E-state index is 11.2. The lowest BCUT2D eigenvalue weighted by molar-refractivity contribution is -0.138. The fourth-order valence-electron chi connectivity index (χ4n) is 2.33. The molecule has 0 unspecified atom stereocenters. The van der Waals surface area contributed by atoms with Crippen LogP contribution in [0.3, 0.4) is 0 Å². The Morgan fingerprint density at radius 1 is 1.31 bits per heavy atom. The molecule has 0 aliphatic heterocycles. The molecule has 0 aromatic rings. The Labute approximate surface area is 95.4 Å². The molecule has 1 aliphatic carbocycles. The molecule has 1 amide bonds. The molecule has 1 aliphatic rings. The molecule has 1 saturated carbocycles. The lowest BCUT2D eigenvalue weighted by Crippen LogP contribution is -2.44. The van der Waals surface area contributed by atoms with Crippen molar-refractivity contribution in [1.29, 1.82) is 0 Å². The van der Waals surface area contributed by atoms with Gasteiger partial charge < -0.3 is 16.2 Å². The van der Waals surface area contributed by atoms with E-state index in [0.717, 1.165) is 25.7 Å². The molecule has 92 valence electrons. The lowest BCUT2D eigenvalue weighted by Gasteiger charge is -2.29. The fraction of sp³-hybridized carbons (Fsp3) is 0.818. The summed E-state index contributed by atoms with van der Waals surface area (Å²) in [5, 5.41) is 11.5. The van der Waals surface area contributed by atoms with Gasteiger partial charge in [-0.2, -0.15) is 0 Å². The summed E-state index contributed by atoms with van der Waals surface area (Å²) in [7, 11) is 0. The van der Waals surface area contributed by atoms with Crippen LogP contribution < -0.4 is 11.1 Å². The second-order valence-corrected chi connectivity index (χ2v) is 4.37. The summed E-state index contributed by atoms with van der Waals surface area (Å²) in [4.78, 5) is 22.0. The van der Waals surface area contributed by atoms with Crippen LogP contribution in [0.15, 0.2) is 0 Å². The van der Waals surface area contributed by atoms with E-state index >= 15 is 0 Å². The number of hydrogen-bond donors (Lipinski definition) is 3. The first-order chi connectivity index (χ1) is 7.63. The van der Waals surface area contributed by atoms with E-state index in [0.29, 0.717) is 5.92 Å². The van der Waals surface area contributed by atoms with E-state index in [1.54, 1.807) is 0 Å². The molecule has 0 bridgehead atoms. The highest BCUT2D eigenvalue weighted by Crippen LogP contribution is 2.27. The van der Waals surface area contributed by atoms with Gasteiger partial charge in [-0.15, -0.1) is 0 Å². The number of amides is 1. The number of hydrogen-bond acceptors (Lipinski definition) is 3. The van der Waals surface area contributed by atoms with Crippen LogP contribution in [-0.2, 0) is 9.59 Å². The Hall–Kier alpha value is -1.10. The Bertz CT molecular complexity index is 250. The van der Waals surface area contributed by atoms with Gasteiger partial charge in [-0.3, -0.25) is 9.59 Å². The van der Waals surface area contributed by atoms with Crippen molar-refractivity contribution in [3.8, 4) is 0 Å². The maximum absolute atomic E-state index is 11.2. The van der Waals surface area contributed by atoms with Crippen molar-refractivity contribution in [3.63, 3.8) is 0 Å². The first-order valence-electron chi connectivity index (χ1n) is 5.84. The average Bonchev–Trinajstić information content (AvgIpc) is 2.28. The van der Waals surface area contributed by atoms with Gasteiger partial charge in [0.1, 0.15) is 0 Å². The summed E-state index contributed by atoms with van der Waals surface area (Å²) in [6.45, 7) is -0.0805. The van der Waals surface area contributed by atoms with Gasteiger partial charge in [0.2, 0.25) is 5.91 Å². The number of carboxylic acid groups (broad SMARTS) is 1. The molecule has 0 heterocycles. The zero-order valence-corrected chi connectivity index (χ0v) is 9.45. The zero-order chi connectivity index (χ0) is 12.0. The maximum Gasteiger partial charge on any atom is 0.305 e. The molecule has 0 aromatic heterocycles. The van der Waals surface area contributed by atoms with Crippen molar-refractivity contribution in [2.24, 2.45) is 11.7 Å². The highest BCUT2D eigenvalue weighted by Gasteiger charge is 2.26. The van der Waals surface area contributed by atoms with Crippen LogP contribution in [0.25, 0.3) is 0 Å². The highest BCUT2D eigenvalue weighted by molar-refractivity contribution is 5.79. The third-order valence-corrected chi connectivity index (χ3v) is 3.15. The molecule has 1 fully saturated rings. The number of nitrogens with one attached hydrogen (secondary N) is 1. The minimum Gasteiger partial charge on any atom is -0.481 e. The summed E-state index contributed by atoms with van der Waals surface area (Å²) in [5.41, 5.74) is 5.22. The van der Waals surface area contributed by atoms with E-state index in [4.69, 9.17) is 10.8 Å². The van der Waals surface area contributed by atoms with Crippen molar-refractivity contribution in [2.75, 3.05) is 6.54 Å². The van der Waals surface area contributed by atoms with Gasteiger partial charge in [-0.05, 0) is 18.8 Å². The molecular formula is C11H20N2O3. The Morgan fingerprint density at radius 2 is 1.94 bits per heavy atom. The van der Waals surface area contributed by atoms with Crippen molar-refractivity contribution in [1.82, 2.24) is 5.32 Å². The van der Waals surface area contributed by atoms with Crippen LogP contribution in [0, 0.1) is 5.92 Å². The summed E-state index contributed by atoms with van der Waals surface area (Å²) in [6.07, 6.45) is 5.46. The predicted molar refractivity (Wildman–Crippen MR) is 59.8 cm³/mol. The molecule has 0 aromatic carbocycles. The van der Waals surface area contributed by atoms with Crippen molar-refractivity contribution < 1.29 is 14.7 Å². The summed E-state index contributed by atoms with van der Waals surface area (Å²) >= 11 is 0. The van der Waals surface area contributed by atoms with Gasteiger partial charge in [-0.25, -0.2) is 0 Å². The highest BCUT2D eigenvalue weighted by atomic mass is 16.4. The monoisotopic (exact) mass is 228 g/mol. The van der Waals surface area contributed by atoms with E-state index in [-0.39, 0.29) is 24.9 Å². The smallest absolute Gasteiger partial charge is 0.305 e. The van der Waals surface area contributed by atoms with Gasteiger partial charge in [-0.1, -0.05) is 19.3 Å². The molecule has 1 rings (SSSR count). The number of nitrogens with two attached hydrogens (primary N) is 1.